The van der Waals surface area contributed by atoms with Crippen LogP contribution in [0.2, 0.25) is 10.0 Å². The number of aromatic nitrogens is 3. The van der Waals surface area contributed by atoms with Crippen LogP contribution in [0, 0.1) is 13.8 Å². The molecule has 0 bridgehead atoms. The van der Waals surface area contributed by atoms with Crippen molar-refractivity contribution in [1.29, 1.82) is 0 Å². The Kier molecular flexibility index (Phi) is 4.79. The van der Waals surface area contributed by atoms with Crippen LogP contribution in [0.15, 0.2) is 54.7 Å². The number of hydrogen-bond donors (Lipinski definition) is 1. The Labute approximate surface area is 171 Å². The van der Waals surface area contributed by atoms with Crippen LogP contribution in [0.1, 0.15) is 21.6 Å². The molecule has 0 saturated heterocycles. The summed E-state index contributed by atoms with van der Waals surface area (Å²) in [5.41, 5.74) is 4.26. The molecule has 7 heteroatoms. The van der Waals surface area contributed by atoms with Crippen molar-refractivity contribution in [2.75, 3.05) is 5.32 Å². The minimum Gasteiger partial charge on any atom is -0.322 e. The van der Waals surface area contributed by atoms with Crippen LogP contribution < -0.4 is 5.32 Å². The van der Waals surface area contributed by atoms with Gasteiger partial charge in [0.15, 0.2) is 5.65 Å². The Bertz CT molecular complexity index is 1180. The molecule has 2 heterocycles. The molecule has 0 aliphatic rings. The van der Waals surface area contributed by atoms with Crippen molar-refractivity contribution in [3.05, 3.63) is 81.6 Å². The molecular weight excluding hydrogens is 395 g/mol. The van der Waals surface area contributed by atoms with Gasteiger partial charge in [-0.05, 0) is 50.2 Å². The van der Waals surface area contributed by atoms with Crippen molar-refractivity contribution in [3.63, 3.8) is 0 Å². The lowest BCUT2D eigenvalue weighted by molar-refractivity contribution is 0.102. The van der Waals surface area contributed by atoms with Crippen molar-refractivity contribution in [2.45, 2.75) is 13.8 Å². The van der Waals surface area contributed by atoms with Crippen LogP contribution in [0.25, 0.3) is 16.7 Å². The van der Waals surface area contributed by atoms with E-state index in [1.165, 1.54) is 6.20 Å². The second kappa shape index (κ2) is 7.26. The summed E-state index contributed by atoms with van der Waals surface area (Å²) < 4.78 is 1.73. The Morgan fingerprint density at radius 1 is 1.00 bits per heavy atom. The molecule has 4 aromatic rings. The summed E-state index contributed by atoms with van der Waals surface area (Å²) >= 11 is 12.5. The standard InChI is InChI=1S/C21H16Cl2N4O/c1-12-3-9-16(10-4-12)27-20-18(13(2)26-27)19(23)17(11-24-20)21(28)25-15-7-5-14(22)6-8-15/h3-11H,1-2H3,(H,25,28). The van der Waals surface area contributed by atoms with Crippen molar-refractivity contribution in [2.24, 2.45) is 0 Å². The van der Waals surface area contributed by atoms with Crippen LogP contribution in [-0.4, -0.2) is 20.7 Å². The average molecular weight is 411 g/mol. The quantitative estimate of drug-likeness (QED) is 0.478. The third kappa shape index (κ3) is 3.35. The molecule has 0 atom stereocenters. The van der Waals surface area contributed by atoms with Gasteiger partial charge in [0, 0.05) is 16.9 Å². The van der Waals surface area contributed by atoms with E-state index in [4.69, 9.17) is 23.2 Å². The second-order valence-electron chi connectivity index (χ2n) is 6.48. The fraction of sp³-hybridized carbons (Fsp3) is 0.0952. The zero-order valence-electron chi connectivity index (χ0n) is 15.2. The Hall–Kier alpha value is -2.89. The fourth-order valence-corrected chi connectivity index (χ4v) is 3.45. The average Bonchev–Trinajstić information content (AvgIpc) is 3.02. The Morgan fingerprint density at radius 3 is 2.36 bits per heavy atom. The van der Waals surface area contributed by atoms with Gasteiger partial charge in [-0.3, -0.25) is 4.79 Å². The van der Waals surface area contributed by atoms with E-state index in [0.29, 0.717) is 32.5 Å². The van der Waals surface area contributed by atoms with Crippen molar-refractivity contribution < 1.29 is 4.79 Å². The largest absolute Gasteiger partial charge is 0.322 e. The van der Waals surface area contributed by atoms with Gasteiger partial charge in [-0.1, -0.05) is 40.9 Å². The molecule has 0 spiro atoms. The van der Waals surface area contributed by atoms with Crippen LogP contribution in [0.5, 0.6) is 0 Å². The van der Waals surface area contributed by atoms with Gasteiger partial charge < -0.3 is 5.32 Å². The minimum absolute atomic E-state index is 0.288. The first-order valence-corrected chi connectivity index (χ1v) is 9.37. The predicted molar refractivity (Wildman–Crippen MR) is 113 cm³/mol. The van der Waals surface area contributed by atoms with Crippen LogP contribution in [0.4, 0.5) is 5.69 Å². The lowest BCUT2D eigenvalue weighted by Crippen LogP contribution is -2.13. The topological polar surface area (TPSA) is 59.8 Å². The van der Waals surface area contributed by atoms with E-state index >= 15 is 0 Å². The predicted octanol–water partition coefficient (Wildman–Crippen LogP) is 5.60. The summed E-state index contributed by atoms with van der Waals surface area (Å²) in [6.07, 6.45) is 1.47. The fourth-order valence-electron chi connectivity index (χ4n) is 2.96. The number of nitrogens with one attached hydrogen (secondary N) is 1. The highest BCUT2D eigenvalue weighted by molar-refractivity contribution is 6.39. The third-order valence-corrected chi connectivity index (χ3v) is 5.08. The van der Waals surface area contributed by atoms with E-state index in [1.54, 1.807) is 28.9 Å². The molecule has 0 unspecified atom stereocenters. The molecule has 1 amide bonds. The molecule has 0 radical (unpaired) electrons. The van der Waals surface area contributed by atoms with Gasteiger partial charge in [-0.2, -0.15) is 5.10 Å². The molecule has 28 heavy (non-hydrogen) atoms. The molecule has 0 aliphatic heterocycles. The summed E-state index contributed by atoms with van der Waals surface area (Å²) in [6, 6.07) is 14.8. The number of carbonyl (C=O) groups excluding carboxylic acids is 1. The van der Waals surface area contributed by atoms with Gasteiger partial charge in [-0.15, -0.1) is 0 Å². The molecule has 2 aromatic carbocycles. The van der Waals surface area contributed by atoms with Crippen LogP contribution >= 0.6 is 23.2 Å². The molecule has 0 saturated carbocycles. The maximum atomic E-state index is 12.7. The molecule has 5 nitrogen and oxygen atoms in total. The van der Waals surface area contributed by atoms with E-state index in [9.17, 15) is 4.79 Å². The van der Waals surface area contributed by atoms with E-state index < -0.39 is 0 Å². The van der Waals surface area contributed by atoms with Gasteiger partial charge in [0.05, 0.1) is 27.4 Å². The highest BCUT2D eigenvalue weighted by Crippen LogP contribution is 2.30. The first kappa shape index (κ1) is 18.5. The molecule has 4 rings (SSSR count). The lowest BCUT2D eigenvalue weighted by atomic mass is 10.2. The number of benzene rings is 2. The molecular formula is C21H16Cl2N4O. The summed E-state index contributed by atoms with van der Waals surface area (Å²) in [6.45, 7) is 3.87. The van der Waals surface area contributed by atoms with E-state index in [1.807, 2.05) is 38.1 Å². The monoisotopic (exact) mass is 410 g/mol. The first-order valence-electron chi connectivity index (χ1n) is 8.62. The third-order valence-electron chi connectivity index (χ3n) is 4.43. The summed E-state index contributed by atoms with van der Waals surface area (Å²) in [4.78, 5) is 17.2. The number of pyridine rings is 1. The molecule has 0 fully saturated rings. The molecule has 1 N–H and O–H groups in total. The number of nitrogens with zero attached hydrogens (tertiary/aromatic N) is 3. The smallest absolute Gasteiger partial charge is 0.258 e. The first-order chi connectivity index (χ1) is 13.4. The number of halogens is 2. The van der Waals surface area contributed by atoms with Crippen LogP contribution in [-0.2, 0) is 0 Å². The number of rotatable bonds is 3. The number of anilines is 1. The Balaban J connectivity index is 1.74. The number of aryl methyl sites for hydroxylation is 2. The van der Waals surface area contributed by atoms with Gasteiger partial charge in [0.1, 0.15) is 0 Å². The zero-order valence-corrected chi connectivity index (χ0v) is 16.7. The number of fused-ring (bicyclic) bond motifs is 1. The van der Waals surface area contributed by atoms with Gasteiger partial charge >= 0.3 is 0 Å². The van der Waals surface area contributed by atoms with Crippen LogP contribution in [0.3, 0.4) is 0 Å². The van der Waals surface area contributed by atoms with E-state index in [2.05, 4.69) is 15.4 Å². The normalized spacial score (nSPS) is 11.0. The number of amides is 1. The maximum Gasteiger partial charge on any atom is 0.258 e. The van der Waals surface area contributed by atoms with Crippen molar-refractivity contribution in [3.8, 4) is 5.69 Å². The summed E-state index contributed by atoms with van der Waals surface area (Å²) in [5, 5.41) is 8.95. The maximum absolute atomic E-state index is 12.7. The summed E-state index contributed by atoms with van der Waals surface area (Å²) in [7, 11) is 0. The SMILES string of the molecule is Cc1ccc(-n2nc(C)c3c(Cl)c(C(=O)Nc4ccc(Cl)cc4)cnc32)cc1. The van der Waals surface area contributed by atoms with Gasteiger partial charge in [-0.25, -0.2) is 9.67 Å². The highest BCUT2D eigenvalue weighted by atomic mass is 35.5. The number of carbonyl (C=O) groups is 1. The van der Waals surface area contributed by atoms with E-state index in [0.717, 1.165) is 11.3 Å². The van der Waals surface area contributed by atoms with Crippen molar-refractivity contribution >= 4 is 45.8 Å². The molecule has 140 valence electrons. The molecule has 0 aliphatic carbocycles. The van der Waals surface area contributed by atoms with Gasteiger partial charge in [0.25, 0.3) is 5.91 Å². The Morgan fingerprint density at radius 2 is 1.68 bits per heavy atom. The number of hydrogen-bond acceptors (Lipinski definition) is 3. The molecule has 2 aromatic heterocycles. The summed E-state index contributed by atoms with van der Waals surface area (Å²) in [5.74, 6) is -0.343. The van der Waals surface area contributed by atoms with Gasteiger partial charge in [0.2, 0.25) is 0 Å². The lowest BCUT2D eigenvalue weighted by Gasteiger charge is -2.08. The van der Waals surface area contributed by atoms with E-state index in [-0.39, 0.29) is 11.5 Å². The minimum atomic E-state index is -0.343. The zero-order chi connectivity index (χ0) is 19.8. The second-order valence-corrected chi connectivity index (χ2v) is 7.29. The highest BCUT2D eigenvalue weighted by Gasteiger charge is 2.20. The van der Waals surface area contributed by atoms with Crippen molar-refractivity contribution in [1.82, 2.24) is 14.8 Å².